The summed E-state index contributed by atoms with van der Waals surface area (Å²) in [5.74, 6) is -1.47. The van der Waals surface area contributed by atoms with Crippen LogP contribution in [0.5, 0.6) is 5.75 Å². The molecule has 0 saturated carbocycles. The van der Waals surface area contributed by atoms with Crippen molar-refractivity contribution in [2.24, 2.45) is 11.8 Å². The lowest BCUT2D eigenvalue weighted by atomic mass is 9.95. The molecule has 37 heavy (non-hydrogen) atoms. The van der Waals surface area contributed by atoms with Gasteiger partial charge in [-0.15, -0.1) is 13.2 Å². The average Bonchev–Trinajstić information content (AvgIpc) is 3.50. The van der Waals surface area contributed by atoms with Gasteiger partial charge in [0.05, 0.1) is 13.2 Å². The van der Waals surface area contributed by atoms with Crippen molar-refractivity contribution < 1.29 is 37.0 Å². The van der Waals surface area contributed by atoms with Gasteiger partial charge in [0.15, 0.2) is 5.78 Å². The summed E-state index contributed by atoms with van der Waals surface area (Å²) in [4.78, 5) is 41.9. The third kappa shape index (κ3) is 8.19. The first-order valence-corrected chi connectivity index (χ1v) is 12.2. The number of amides is 2. The Kier molecular flexibility index (Phi) is 9.55. The summed E-state index contributed by atoms with van der Waals surface area (Å²) < 4.78 is 46.6. The Hall–Kier alpha value is -3.12. The fourth-order valence-electron chi connectivity index (χ4n) is 4.41. The molecule has 0 radical (unpaired) electrons. The number of benzene rings is 1. The summed E-state index contributed by atoms with van der Waals surface area (Å²) >= 11 is 0. The van der Waals surface area contributed by atoms with Gasteiger partial charge in [0.2, 0.25) is 5.91 Å². The molecule has 1 aromatic heterocycles. The third-order valence-electron chi connectivity index (χ3n) is 6.23. The van der Waals surface area contributed by atoms with Gasteiger partial charge in [-0.3, -0.25) is 19.1 Å². The van der Waals surface area contributed by atoms with Gasteiger partial charge >= 0.3 is 6.36 Å². The quantitative estimate of drug-likeness (QED) is 0.338. The molecule has 1 fully saturated rings. The second kappa shape index (κ2) is 12.4. The number of aromatic amines is 1. The molecule has 2 heterocycles. The number of nitrogens with one attached hydrogen (secondary N) is 4. The number of H-pyrrole nitrogens is 1. The number of Topliss-reactive ketones (excluding diaryl/α,β-unsaturated/α-hetero) is 1. The molecular weight excluding hydrogens is 493 g/mol. The number of hydrogen-bond acceptors (Lipinski definition) is 6. The molecule has 1 aliphatic rings. The lowest BCUT2D eigenvalue weighted by Crippen LogP contribution is -2.53. The van der Waals surface area contributed by atoms with E-state index in [-0.39, 0.29) is 30.4 Å². The molecule has 0 aliphatic carbocycles. The van der Waals surface area contributed by atoms with E-state index in [1.165, 1.54) is 7.11 Å². The Bertz CT molecular complexity index is 1100. The molecule has 2 aromatic rings. The molecule has 9 nitrogen and oxygen atoms in total. The minimum Gasteiger partial charge on any atom is -0.496 e. The SMILES string of the molecule is COc1cccc2[nH]c(C(=O)NC(CC(C)C)C(=O)NC(CC3CCNC3)C(=O)COC(F)(F)F)cc12. The van der Waals surface area contributed by atoms with Crippen molar-refractivity contribution in [3.63, 3.8) is 0 Å². The number of halogens is 3. The van der Waals surface area contributed by atoms with Gasteiger partial charge in [0.25, 0.3) is 5.91 Å². The van der Waals surface area contributed by atoms with Gasteiger partial charge in [-0.25, -0.2) is 0 Å². The van der Waals surface area contributed by atoms with Crippen LogP contribution >= 0.6 is 0 Å². The average molecular weight is 527 g/mol. The summed E-state index contributed by atoms with van der Waals surface area (Å²) in [6.07, 6.45) is -3.81. The number of methoxy groups -OCH3 is 1. The third-order valence-corrected chi connectivity index (χ3v) is 6.23. The number of ketones is 1. The van der Waals surface area contributed by atoms with Crippen LogP contribution in [0.4, 0.5) is 13.2 Å². The van der Waals surface area contributed by atoms with Crippen LogP contribution in [0, 0.1) is 11.8 Å². The van der Waals surface area contributed by atoms with E-state index >= 15 is 0 Å². The van der Waals surface area contributed by atoms with Crippen molar-refractivity contribution in [2.45, 2.75) is 51.6 Å². The highest BCUT2D eigenvalue weighted by Crippen LogP contribution is 2.26. The fourth-order valence-corrected chi connectivity index (χ4v) is 4.41. The highest BCUT2D eigenvalue weighted by Gasteiger charge is 2.34. The van der Waals surface area contributed by atoms with E-state index in [4.69, 9.17) is 4.74 Å². The number of alkyl halides is 3. The van der Waals surface area contributed by atoms with Crippen LogP contribution in [0.25, 0.3) is 10.9 Å². The van der Waals surface area contributed by atoms with Crippen molar-refractivity contribution >= 4 is 28.5 Å². The highest BCUT2D eigenvalue weighted by atomic mass is 19.4. The van der Waals surface area contributed by atoms with E-state index in [1.807, 2.05) is 13.8 Å². The molecule has 12 heteroatoms. The number of fused-ring (bicyclic) bond motifs is 1. The lowest BCUT2D eigenvalue weighted by Gasteiger charge is -2.25. The maximum Gasteiger partial charge on any atom is 0.522 e. The number of carbonyl (C=O) groups is 3. The minimum atomic E-state index is -4.96. The first-order chi connectivity index (χ1) is 17.5. The van der Waals surface area contributed by atoms with Crippen molar-refractivity contribution in [2.75, 3.05) is 26.8 Å². The van der Waals surface area contributed by atoms with Crippen molar-refractivity contribution in [3.05, 3.63) is 30.0 Å². The smallest absolute Gasteiger partial charge is 0.496 e. The fraction of sp³-hybridized carbons (Fsp3) is 0.560. The topological polar surface area (TPSA) is 122 Å². The maximum atomic E-state index is 13.2. The largest absolute Gasteiger partial charge is 0.522 e. The molecule has 3 unspecified atom stereocenters. The molecule has 2 amide bonds. The predicted molar refractivity (Wildman–Crippen MR) is 130 cm³/mol. The number of carbonyl (C=O) groups excluding carboxylic acids is 3. The van der Waals surface area contributed by atoms with Gasteiger partial charge in [-0.2, -0.15) is 0 Å². The summed E-state index contributed by atoms with van der Waals surface area (Å²) in [7, 11) is 1.52. The van der Waals surface area contributed by atoms with Gasteiger partial charge < -0.3 is 25.7 Å². The Balaban J connectivity index is 1.75. The van der Waals surface area contributed by atoms with E-state index in [0.29, 0.717) is 23.2 Å². The van der Waals surface area contributed by atoms with Crippen LogP contribution in [0.15, 0.2) is 24.3 Å². The second-order valence-corrected chi connectivity index (χ2v) is 9.62. The van der Waals surface area contributed by atoms with Crippen LogP contribution in [0.3, 0.4) is 0 Å². The monoisotopic (exact) mass is 526 g/mol. The second-order valence-electron chi connectivity index (χ2n) is 9.62. The van der Waals surface area contributed by atoms with Crippen LogP contribution in [0.1, 0.15) is 43.6 Å². The molecule has 0 spiro atoms. The van der Waals surface area contributed by atoms with Crippen LogP contribution in [-0.2, 0) is 14.3 Å². The maximum absolute atomic E-state index is 13.2. The van der Waals surface area contributed by atoms with E-state index in [2.05, 4.69) is 25.7 Å². The molecule has 1 saturated heterocycles. The Morgan fingerprint density at radius 1 is 1.16 bits per heavy atom. The van der Waals surface area contributed by atoms with E-state index in [9.17, 15) is 27.6 Å². The number of aromatic nitrogens is 1. The normalized spacial score (nSPS) is 17.5. The van der Waals surface area contributed by atoms with Crippen molar-refractivity contribution in [3.8, 4) is 5.75 Å². The summed E-state index contributed by atoms with van der Waals surface area (Å²) in [5, 5.41) is 9.11. The zero-order chi connectivity index (χ0) is 27.2. The van der Waals surface area contributed by atoms with Crippen LogP contribution in [-0.4, -0.2) is 67.8 Å². The zero-order valence-electron chi connectivity index (χ0n) is 21.0. The predicted octanol–water partition coefficient (Wildman–Crippen LogP) is 2.91. The Labute approximate surface area is 212 Å². The summed E-state index contributed by atoms with van der Waals surface area (Å²) in [6.45, 7) is 3.84. The highest BCUT2D eigenvalue weighted by molar-refractivity contribution is 6.02. The van der Waals surface area contributed by atoms with Crippen LogP contribution < -0.4 is 20.7 Å². The number of ether oxygens (including phenoxy) is 2. The van der Waals surface area contributed by atoms with E-state index < -0.39 is 42.7 Å². The molecule has 3 atom stereocenters. The first kappa shape index (κ1) is 28.5. The first-order valence-electron chi connectivity index (χ1n) is 12.2. The van der Waals surface area contributed by atoms with Crippen molar-refractivity contribution in [1.29, 1.82) is 0 Å². The Morgan fingerprint density at radius 2 is 1.92 bits per heavy atom. The molecule has 1 aromatic carbocycles. The molecule has 204 valence electrons. The van der Waals surface area contributed by atoms with Gasteiger partial charge in [-0.05, 0) is 62.4 Å². The van der Waals surface area contributed by atoms with E-state index in [1.54, 1.807) is 24.3 Å². The van der Waals surface area contributed by atoms with Gasteiger partial charge in [0, 0.05) is 10.9 Å². The lowest BCUT2D eigenvalue weighted by molar-refractivity contribution is -0.321. The molecule has 4 N–H and O–H groups in total. The van der Waals surface area contributed by atoms with Crippen LogP contribution in [0.2, 0.25) is 0 Å². The minimum absolute atomic E-state index is 0.000560. The Morgan fingerprint density at radius 3 is 2.54 bits per heavy atom. The van der Waals surface area contributed by atoms with Gasteiger partial charge in [-0.1, -0.05) is 19.9 Å². The summed E-state index contributed by atoms with van der Waals surface area (Å²) in [5.41, 5.74) is 0.888. The van der Waals surface area contributed by atoms with Gasteiger partial charge in [0.1, 0.15) is 24.1 Å². The summed E-state index contributed by atoms with van der Waals surface area (Å²) in [6, 6.07) is 4.73. The molecule has 1 aliphatic heterocycles. The molecule has 0 bridgehead atoms. The van der Waals surface area contributed by atoms with E-state index in [0.717, 1.165) is 13.0 Å². The molecular formula is C25H33F3N4O5. The number of hydrogen-bond donors (Lipinski definition) is 4. The van der Waals surface area contributed by atoms with Crippen molar-refractivity contribution in [1.82, 2.24) is 20.9 Å². The molecule has 3 rings (SSSR count). The zero-order valence-corrected chi connectivity index (χ0v) is 21.0. The standard InChI is InChI=1S/C25H33F3N4O5/c1-14(2)9-19(32-24(35)20-11-16-17(30-20)5-4-6-22(16)36-3)23(34)31-18(10-15-7-8-29-12-15)21(33)13-37-25(26,27)28/h4-6,11,14-15,18-19,29-30H,7-10,12-13H2,1-3H3,(H,31,34)(H,32,35). The number of rotatable bonds is 12.